The maximum absolute atomic E-state index is 12.6. The van der Waals surface area contributed by atoms with E-state index in [4.69, 9.17) is 4.74 Å². The van der Waals surface area contributed by atoms with Gasteiger partial charge in [0.2, 0.25) is 0 Å². The van der Waals surface area contributed by atoms with E-state index in [0.29, 0.717) is 13.2 Å². The van der Waals surface area contributed by atoms with Gasteiger partial charge < -0.3 is 4.74 Å². The molecule has 126 valence electrons. The summed E-state index contributed by atoms with van der Waals surface area (Å²) < 4.78 is 5.32. The van der Waals surface area contributed by atoms with Gasteiger partial charge in [0.1, 0.15) is 0 Å². The summed E-state index contributed by atoms with van der Waals surface area (Å²) in [5.74, 6) is -0.0196. The Labute approximate surface area is 139 Å². The zero-order valence-electron chi connectivity index (χ0n) is 14.7. The first-order valence-electron chi connectivity index (χ1n) is 8.58. The number of carbonyl (C=O) groups is 1. The standard InChI is InChI=1S/C19H28N2O2/c1-18(2)7-8-19(3,4)16-13-14(5-6-15(16)18)17(22)20-21-9-11-23-12-10-21/h5-6,13H,7-12H2,1-4H3,(H,20,22). The molecule has 4 nitrogen and oxygen atoms in total. The summed E-state index contributed by atoms with van der Waals surface area (Å²) in [6, 6.07) is 6.23. The number of ether oxygens (including phenoxy) is 1. The summed E-state index contributed by atoms with van der Waals surface area (Å²) in [5.41, 5.74) is 6.77. The fraction of sp³-hybridized carbons (Fsp3) is 0.632. The number of rotatable bonds is 2. The molecule has 2 aliphatic rings. The minimum Gasteiger partial charge on any atom is -0.379 e. The maximum atomic E-state index is 12.6. The number of hydrazine groups is 1. The largest absolute Gasteiger partial charge is 0.379 e. The third kappa shape index (κ3) is 3.29. The van der Waals surface area contributed by atoms with Crippen LogP contribution in [-0.4, -0.2) is 37.2 Å². The Morgan fingerprint density at radius 3 is 2.30 bits per heavy atom. The van der Waals surface area contributed by atoms with Crippen LogP contribution < -0.4 is 5.43 Å². The number of amides is 1. The second-order valence-electron chi connectivity index (χ2n) is 8.07. The van der Waals surface area contributed by atoms with Gasteiger partial charge in [0.15, 0.2) is 0 Å². The lowest BCUT2D eigenvalue weighted by Crippen LogP contribution is -2.48. The zero-order valence-corrected chi connectivity index (χ0v) is 14.7. The van der Waals surface area contributed by atoms with Gasteiger partial charge in [-0.05, 0) is 46.9 Å². The topological polar surface area (TPSA) is 41.6 Å². The van der Waals surface area contributed by atoms with E-state index in [9.17, 15) is 4.79 Å². The summed E-state index contributed by atoms with van der Waals surface area (Å²) in [5, 5.41) is 1.94. The average Bonchev–Trinajstić information content (AvgIpc) is 2.52. The lowest BCUT2D eigenvalue weighted by molar-refractivity contribution is 0.0126. The molecule has 1 amide bonds. The minimum atomic E-state index is -0.0196. The van der Waals surface area contributed by atoms with E-state index in [1.807, 2.05) is 11.1 Å². The van der Waals surface area contributed by atoms with Crippen LogP contribution in [0.2, 0.25) is 0 Å². The second kappa shape index (κ2) is 5.91. The predicted molar refractivity (Wildman–Crippen MR) is 91.6 cm³/mol. The fourth-order valence-corrected chi connectivity index (χ4v) is 3.61. The van der Waals surface area contributed by atoms with Crippen molar-refractivity contribution in [2.24, 2.45) is 0 Å². The van der Waals surface area contributed by atoms with E-state index in [1.54, 1.807) is 0 Å². The molecular weight excluding hydrogens is 288 g/mol. The molecule has 0 aromatic heterocycles. The van der Waals surface area contributed by atoms with Gasteiger partial charge in [-0.3, -0.25) is 10.2 Å². The van der Waals surface area contributed by atoms with Crippen molar-refractivity contribution in [1.82, 2.24) is 10.4 Å². The molecule has 1 heterocycles. The Morgan fingerprint density at radius 2 is 1.65 bits per heavy atom. The van der Waals surface area contributed by atoms with Gasteiger partial charge in [0.05, 0.1) is 13.2 Å². The molecule has 0 bridgehead atoms. The third-order valence-corrected chi connectivity index (χ3v) is 5.39. The van der Waals surface area contributed by atoms with Crippen molar-refractivity contribution < 1.29 is 9.53 Å². The van der Waals surface area contributed by atoms with Gasteiger partial charge in [0.25, 0.3) is 5.91 Å². The summed E-state index contributed by atoms with van der Waals surface area (Å²) in [6.07, 6.45) is 2.34. The Balaban J connectivity index is 1.86. The van der Waals surface area contributed by atoms with Gasteiger partial charge >= 0.3 is 0 Å². The highest BCUT2D eigenvalue weighted by molar-refractivity contribution is 5.94. The van der Waals surface area contributed by atoms with Crippen LogP contribution in [0.3, 0.4) is 0 Å². The highest BCUT2D eigenvalue weighted by Gasteiger charge is 2.37. The number of hydrogen-bond donors (Lipinski definition) is 1. The molecule has 23 heavy (non-hydrogen) atoms. The first-order chi connectivity index (χ1) is 10.8. The van der Waals surface area contributed by atoms with Crippen molar-refractivity contribution in [3.05, 3.63) is 34.9 Å². The molecule has 1 aromatic rings. The van der Waals surface area contributed by atoms with Gasteiger partial charge in [-0.1, -0.05) is 33.8 Å². The monoisotopic (exact) mass is 316 g/mol. The van der Waals surface area contributed by atoms with Gasteiger partial charge in [-0.15, -0.1) is 0 Å². The number of carbonyl (C=O) groups excluding carboxylic acids is 1. The molecule has 0 saturated carbocycles. The van der Waals surface area contributed by atoms with Gasteiger partial charge in [0, 0.05) is 18.7 Å². The molecule has 1 N–H and O–H groups in total. The molecule has 0 atom stereocenters. The van der Waals surface area contributed by atoms with Crippen molar-refractivity contribution in [2.45, 2.75) is 51.4 Å². The zero-order chi connectivity index (χ0) is 16.7. The van der Waals surface area contributed by atoms with Crippen molar-refractivity contribution in [1.29, 1.82) is 0 Å². The Bertz CT molecular complexity index is 601. The first kappa shape index (κ1) is 16.5. The van der Waals surface area contributed by atoms with Crippen LogP contribution >= 0.6 is 0 Å². The van der Waals surface area contributed by atoms with Crippen molar-refractivity contribution in [3.8, 4) is 0 Å². The third-order valence-electron chi connectivity index (χ3n) is 5.39. The van der Waals surface area contributed by atoms with E-state index < -0.39 is 0 Å². The van der Waals surface area contributed by atoms with E-state index >= 15 is 0 Å². The fourth-order valence-electron chi connectivity index (χ4n) is 3.61. The number of benzene rings is 1. The summed E-state index contributed by atoms with van der Waals surface area (Å²) in [7, 11) is 0. The molecule has 1 fully saturated rings. The van der Waals surface area contributed by atoms with Crippen LogP contribution in [0.5, 0.6) is 0 Å². The van der Waals surface area contributed by atoms with Crippen LogP contribution in [0.1, 0.15) is 62.0 Å². The summed E-state index contributed by atoms with van der Waals surface area (Å²) in [6.45, 7) is 12.0. The number of nitrogens with one attached hydrogen (secondary N) is 1. The van der Waals surface area contributed by atoms with Crippen LogP contribution in [0.25, 0.3) is 0 Å². The van der Waals surface area contributed by atoms with Crippen molar-refractivity contribution in [2.75, 3.05) is 26.3 Å². The second-order valence-corrected chi connectivity index (χ2v) is 8.07. The quantitative estimate of drug-likeness (QED) is 0.912. The van der Waals surface area contributed by atoms with E-state index in [2.05, 4.69) is 45.3 Å². The number of fused-ring (bicyclic) bond motifs is 1. The Kier molecular flexibility index (Phi) is 4.23. The SMILES string of the molecule is CC1(C)CCC(C)(C)c2cc(C(=O)NN3CCOCC3)ccc21. The van der Waals surface area contributed by atoms with Crippen molar-refractivity contribution >= 4 is 5.91 Å². The normalized spacial score (nSPS) is 23.1. The molecule has 3 rings (SSSR count). The molecule has 0 unspecified atom stereocenters. The van der Waals surface area contributed by atoms with E-state index in [1.165, 1.54) is 17.5 Å². The Hall–Kier alpha value is -1.39. The summed E-state index contributed by atoms with van der Waals surface area (Å²) in [4.78, 5) is 12.6. The first-order valence-corrected chi connectivity index (χ1v) is 8.58. The summed E-state index contributed by atoms with van der Waals surface area (Å²) >= 11 is 0. The van der Waals surface area contributed by atoms with Crippen LogP contribution in [0, 0.1) is 0 Å². The van der Waals surface area contributed by atoms with E-state index in [0.717, 1.165) is 25.1 Å². The van der Waals surface area contributed by atoms with Gasteiger partial charge in [-0.2, -0.15) is 0 Å². The average molecular weight is 316 g/mol. The maximum Gasteiger partial charge on any atom is 0.265 e. The molecule has 0 spiro atoms. The molecule has 4 heteroatoms. The van der Waals surface area contributed by atoms with E-state index in [-0.39, 0.29) is 16.7 Å². The van der Waals surface area contributed by atoms with Crippen LogP contribution in [-0.2, 0) is 15.6 Å². The minimum absolute atomic E-state index is 0.0196. The Morgan fingerprint density at radius 1 is 1.04 bits per heavy atom. The lowest BCUT2D eigenvalue weighted by Gasteiger charge is -2.42. The van der Waals surface area contributed by atoms with Crippen molar-refractivity contribution in [3.63, 3.8) is 0 Å². The van der Waals surface area contributed by atoms with Crippen LogP contribution in [0.4, 0.5) is 0 Å². The predicted octanol–water partition coefficient (Wildman–Crippen LogP) is 3.01. The number of hydrogen-bond acceptors (Lipinski definition) is 3. The van der Waals surface area contributed by atoms with Crippen LogP contribution in [0.15, 0.2) is 18.2 Å². The highest BCUT2D eigenvalue weighted by Crippen LogP contribution is 2.45. The molecular formula is C19H28N2O2. The molecule has 0 radical (unpaired) electrons. The highest BCUT2D eigenvalue weighted by atomic mass is 16.5. The molecule has 1 aliphatic heterocycles. The lowest BCUT2D eigenvalue weighted by atomic mass is 9.63. The molecule has 1 aromatic carbocycles. The van der Waals surface area contributed by atoms with Gasteiger partial charge in [-0.25, -0.2) is 5.01 Å². The molecule has 1 saturated heterocycles. The number of morpholine rings is 1. The smallest absolute Gasteiger partial charge is 0.265 e. The number of nitrogens with zero attached hydrogens (tertiary/aromatic N) is 1. The molecule has 1 aliphatic carbocycles.